The standard InChI is InChI=1S/C11H12N2O4/c1-6-4-9(6)12-7-2-3-10(13(16)17)8(5-7)11(14)15/h2-3,5-6,9,12H,4H2,1H3,(H,14,15). The maximum Gasteiger partial charge on any atom is 0.342 e. The molecule has 1 fully saturated rings. The largest absolute Gasteiger partial charge is 0.477 e. The molecule has 90 valence electrons. The molecule has 0 radical (unpaired) electrons. The molecule has 17 heavy (non-hydrogen) atoms. The maximum atomic E-state index is 10.9. The molecule has 0 aromatic heterocycles. The zero-order chi connectivity index (χ0) is 12.6. The molecule has 6 heteroatoms. The molecule has 2 rings (SSSR count). The van der Waals surface area contributed by atoms with Crippen molar-refractivity contribution in [3.05, 3.63) is 33.9 Å². The van der Waals surface area contributed by atoms with Crippen LogP contribution in [-0.4, -0.2) is 22.0 Å². The molecule has 1 aliphatic carbocycles. The lowest BCUT2D eigenvalue weighted by Crippen LogP contribution is -2.07. The molecule has 0 aliphatic heterocycles. The number of nitrogens with zero attached hydrogens (tertiary/aromatic N) is 1. The molecular formula is C11H12N2O4. The third-order valence-corrected chi connectivity index (χ3v) is 2.89. The minimum absolute atomic E-state index is 0.284. The number of nitrogens with one attached hydrogen (secondary N) is 1. The van der Waals surface area contributed by atoms with E-state index in [-0.39, 0.29) is 11.3 Å². The Bertz CT molecular complexity index is 486. The Balaban J connectivity index is 2.28. The highest BCUT2D eigenvalue weighted by Crippen LogP contribution is 2.33. The summed E-state index contributed by atoms with van der Waals surface area (Å²) in [5, 5.41) is 22.7. The van der Waals surface area contributed by atoms with Crippen molar-refractivity contribution in [2.24, 2.45) is 5.92 Å². The van der Waals surface area contributed by atoms with Crippen LogP contribution in [0.15, 0.2) is 18.2 Å². The van der Waals surface area contributed by atoms with Crippen molar-refractivity contribution in [2.45, 2.75) is 19.4 Å². The van der Waals surface area contributed by atoms with Gasteiger partial charge in [0, 0.05) is 17.8 Å². The van der Waals surface area contributed by atoms with E-state index >= 15 is 0 Å². The molecule has 0 amide bonds. The van der Waals surface area contributed by atoms with Gasteiger partial charge in [0.05, 0.1) is 4.92 Å². The van der Waals surface area contributed by atoms with E-state index in [2.05, 4.69) is 12.2 Å². The third kappa shape index (κ3) is 2.35. The van der Waals surface area contributed by atoms with Gasteiger partial charge in [-0.05, 0) is 24.5 Å². The summed E-state index contributed by atoms with van der Waals surface area (Å²) in [7, 11) is 0. The number of hydrogen-bond acceptors (Lipinski definition) is 4. The summed E-state index contributed by atoms with van der Waals surface area (Å²) in [5.74, 6) is -0.720. The Labute approximate surface area is 97.4 Å². The topological polar surface area (TPSA) is 92.5 Å². The van der Waals surface area contributed by atoms with Crippen molar-refractivity contribution in [2.75, 3.05) is 5.32 Å². The first kappa shape index (κ1) is 11.4. The fourth-order valence-corrected chi connectivity index (χ4v) is 1.69. The zero-order valence-electron chi connectivity index (χ0n) is 9.21. The van der Waals surface area contributed by atoms with Crippen LogP contribution in [0.4, 0.5) is 11.4 Å². The van der Waals surface area contributed by atoms with Crippen molar-refractivity contribution < 1.29 is 14.8 Å². The van der Waals surface area contributed by atoms with Gasteiger partial charge < -0.3 is 10.4 Å². The van der Waals surface area contributed by atoms with Crippen molar-refractivity contribution in [1.29, 1.82) is 0 Å². The lowest BCUT2D eigenvalue weighted by molar-refractivity contribution is -0.385. The summed E-state index contributed by atoms with van der Waals surface area (Å²) >= 11 is 0. The van der Waals surface area contributed by atoms with Crippen LogP contribution in [0.2, 0.25) is 0 Å². The lowest BCUT2D eigenvalue weighted by Gasteiger charge is -2.06. The number of hydrogen-bond donors (Lipinski definition) is 2. The number of carboxylic acids is 1. The fourth-order valence-electron chi connectivity index (χ4n) is 1.69. The molecule has 6 nitrogen and oxygen atoms in total. The van der Waals surface area contributed by atoms with Gasteiger partial charge in [0.15, 0.2) is 0 Å². The molecule has 1 aromatic rings. The number of carbonyl (C=O) groups is 1. The number of aromatic carboxylic acids is 1. The first-order chi connectivity index (χ1) is 7.99. The second kappa shape index (κ2) is 4.04. The molecule has 0 bridgehead atoms. The van der Waals surface area contributed by atoms with Crippen LogP contribution >= 0.6 is 0 Å². The number of nitro benzene ring substituents is 1. The highest BCUT2D eigenvalue weighted by Gasteiger charge is 2.32. The first-order valence-electron chi connectivity index (χ1n) is 5.27. The first-order valence-corrected chi connectivity index (χ1v) is 5.27. The number of rotatable bonds is 4. The van der Waals surface area contributed by atoms with Gasteiger partial charge in [-0.15, -0.1) is 0 Å². The predicted octanol–water partition coefficient (Wildman–Crippen LogP) is 2.11. The van der Waals surface area contributed by atoms with Gasteiger partial charge in [-0.3, -0.25) is 10.1 Å². The van der Waals surface area contributed by atoms with Gasteiger partial charge in [0.2, 0.25) is 0 Å². The highest BCUT2D eigenvalue weighted by atomic mass is 16.6. The van der Waals surface area contributed by atoms with E-state index in [1.165, 1.54) is 18.2 Å². The van der Waals surface area contributed by atoms with E-state index in [9.17, 15) is 14.9 Å². The van der Waals surface area contributed by atoms with Crippen molar-refractivity contribution in [3.8, 4) is 0 Å². The smallest absolute Gasteiger partial charge is 0.342 e. The quantitative estimate of drug-likeness (QED) is 0.617. The van der Waals surface area contributed by atoms with Gasteiger partial charge in [-0.2, -0.15) is 0 Å². The lowest BCUT2D eigenvalue weighted by atomic mass is 10.1. The second-order valence-electron chi connectivity index (χ2n) is 4.26. The Morgan fingerprint density at radius 3 is 2.71 bits per heavy atom. The molecule has 0 spiro atoms. The molecule has 1 saturated carbocycles. The Morgan fingerprint density at radius 1 is 1.59 bits per heavy atom. The number of nitro groups is 1. The zero-order valence-corrected chi connectivity index (χ0v) is 9.21. The van der Waals surface area contributed by atoms with E-state index < -0.39 is 10.9 Å². The van der Waals surface area contributed by atoms with Crippen molar-refractivity contribution >= 4 is 17.3 Å². The Hall–Kier alpha value is -2.11. The molecule has 2 unspecified atom stereocenters. The van der Waals surface area contributed by atoms with Gasteiger partial charge in [-0.25, -0.2) is 4.79 Å². The van der Waals surface area contributed by atoms with Crippen LogP contribution in [0.1, 0.15) is 23.7 Å². The van der Waals surface area contributed by atoms with E-state index in [0.29, 0.717) is 17.6 Å². The fraction of sp³-hybridized carbons (Fsp3) is 0.364. The normalized spacial score (nSPS) is 21.9. The van der Waals surface area contributed by atoms with Crippen molar-refractivity contribution in [3.63, 3.8) is 0 Å². The van der Waals surface area contributed by atoms with E-state index in [4.69, 9.17) is 5.11 Å². The predicted molar refractivity (Wildman–Crippen MR) is 61.2 cm³/mol. The summed E-state index contributed by atoms with van der Waals surface area (Å²) in [6.07, 6.45) is 1.04. The maximum absolute atomic E-state index is 10.9. The summed E-state index contributed by atoms with van der Waals surface area (Å²) in [6.45, 7) is 2.08. The second-order valence-corrected chi connectivity index (χ2v) is 4.26. The summed E-state index contributed by atoms with van der Waals surface area (Å²) in [6, 6.07) is 4.41. The molecule has 0 saturated heterocycles. The van der Waals surface area contributed by atoms with Crippen molar-refractivity contribution in [1.82, 2.24) is 0 Å². The molecule has 1 aromatic carbocycles. The highest BCUT2D eigenvalue weighted by molar-refractivity contribution is 5.93. The van der Waals surface area contributed by atoms with Crippen LogP contribution in [-0.2, 0) is 0 Å². The van der Waals surface area contributed by atoms with Crippen LogP contribution in [0.25, 0.3) is 0 Å². The van der Waals surface area contributed by atoms with E-state index in [1.54, 1.807) is 0 Å². The summed E-state index contributed by atoms with van der Waals surface area (Å²) in [5.41, 5.74) is -0.0532. The molecule has 1 aliphatic rings. The molecule has 2 N–H and O–H groups in total. The SMILES string of the molecule is CC1CC1Nc1ccc([N+](=O)[O-])c(C(=O)O)c1. The average molecular weight is 236 g/mol. The van der Waals surface area contributed by atoms with Crippen LogP contribution in [0, 0.1) is 16.0 Å². The monoisotopic (exact) mass is 236 g/mol. The summed E-state index contributed by atoms with van der Waals surface area (Å²) < 4.78 is 0. The van der Waals surface area contributed by atoms with Crippen LogP contribution < -0.4 is 5.32 Å². The van der Waals surface area contributed by atoms with E-state index in [1.807, 2.05) is 0 Å². The van der Waals surface area contributed by atoms with Gasteiger partial charge in [-0.1, -0.05) is 6.92 Å². The van der Waals surface area contributed by atoms with E-state index in [0.717, 1.165) is 6.42 Å². The van der Waals surface area contributed by atoms with Crippen LogP contribution in [0.3, 0.4) is 0 Å². The Kier molecular flexibility index (Phi) is 2.71. The minimum atomic E-state index is -1.29. The molecule has 2 atom stereocenters. The van der Waals surface area contributed by atoms with Crippen LogP contribution in [0.5, 0.6) is 0 Å². The third-order valence-electron chi connectivity index (χ3n) is 2.89. The number of anilines is 1. The summed E-state index contributed by atoms with van der Waals surface area (Å²) in [4.78, 5) is 20.9. The Morgan fingerprint density at radius 2 is 2.24 bits per heavy atom. The molecular weight excluding hydrogens is 224 g/mol. The average Bonchev–Trinajstić information content (AvgIpc) is 2.93. The van der Waals surface area contributed by atoms with Gasteiger partial charge >= 0.3 is 5.97 Å². The number of benzene rings is 1. The number of carboxylic acid groups (broad SMARTS) is 1. The molecule has 0 heterocycles. The van der Waals surface area contributed by atoms with Gasteiger partial charge in [0.25, 0.3) is 5.69 Å². The van der Waals surface area contributed by atoms with Gasteiger partial charge in [0.1, 0.15) is 5.56 Å². The minimum Gasteiger partial charge on any atom is -0.477 e.